The molecule has 8 nitrogen and oxygen atoms in total. The molecule has 160 valence electrons. The molecule has 1 amide bonds. The van der Waals surface area contributed by atoms with E-state index < -0.39 is 0 Å². The molecule has 0 aliphatic carbocycles. The predicted molar refractivity (Wildman–Crippen MR) is 128 cm³/mol. The molecule has 30 heavy (non-hydrogen) atoms. The number of unbranched alkanes of at least 4 members (excludes halogenated alkanes) is 2. The molecule has 0 fully saturated rings. The minimum atomic E-state index is -0.0127. The Labute approximate surface area is 192 Å². The van der Waals surface area contributed by atoms with Crippen LogP contribution >= 0.6 is 31.9 Å². The summed E-state index contributed by atoms with van der Waals surface area (Å²) in [6.07, 6.45) is 3.14. The Balaban J connectivity index is 1.82. The van der Waals surface area contributed by atoms with Crippen LogP contribution in [0.4, 0.5) is 23.1 Å². The molecule has 3 aromatic rings. The van der Waals surface area contributed by atoms with Gasteiger partial charge in [0.2, 0.25) is 17.4 Å². The summed E-state index contributed by atoms with van der Waals surface area (Å²) < 4.78 is 1.74. The van der Waals surface area contributed by atoms with E-state index in [0.29, 0.717) is 5.95 Å². The minimum Gasteiger partial charge on any atom is -0.330 e. The van der Waals surface area contributed by atoms with Crippen molar-refractivity contribution in [3.05, 3.63) is 33.3 Å². The molecular weight excluding hydrogens is 514 g/mol. The van der Waals surface area contributed by atoms with Crippen molar-refractivity contribution in [1.29, 1.82) is 0 Å². The molecule has 0 saturated carbocycles. The summed E-state index contributed by atoms with van der Waals surface area (Å²) in [5.74, 6) is 1.46. The number of nitrogens with zero attached hydrogens (tertiary/aromatic N) is 2. The Morgan fingerprint density at radius 1 is 1.23 bits per heavy atom. The lowest BCUT2D eigenvalue weighted by molar-refractivity contribution is -0.345. The Bertz CT molecular complexity index is 1020. The normalized spacial score (nSPS) is 11.0. The highest BCUT2D eigenvalue weighted by Crippen LogP contribution is 2.34. The van der Waals surface area contributed by atoms with Gasteiger partial charge in [0.1, 0.15) is 5.39 Å². The summed E-state index contributed by atoms with van der Waals surface area (Å²) in [4.78, 5) is 24.4. The van der Waals surface area contributed by atoms with Crippen LogP contribution in [-0.2, 0) is 4.79 Å². The van der Waals surface area contributed by atoms with Crippen LogP contribution in [-0.4, -0.2) is 36.0 Å². The summed E-state index contributed by atoms with van der Waals surface area (Å²) in [7, 11) is 1.75. The Morgan fingerprint density at radius 2 is 1.97 bits per heavy atom. The number of rotatable bonds is 9. The lowest BCUT2D eigenvalue weighted by Gasteiger charge is -2.14. The number of hydrogen-bond donors (Lipinski definition) is 4. The molecule has 0 radical (unpaired) electrons. The van der Waals surface area contributed by atoms with Gasteiger partial charge in [-0.3, -0.25) is 10.1 Å². The smallest absolute Gasteiger partial charge is 0.330 e. The van der Waals surface area contributed by atoms with Gasteiger partial charge in [0.25, 0.3) is 0 Å². The first-order valence-electron chi connectivity index (χ1n) is 9.76. The number of carbonyl (C=O) groups is 1. The predicted octanol–water partition coefficient (Wildman–Crippen LogP) is 4.17. The minimum absolute atomic E-state index is 0.0127. The van der Waals surface area contributed by atoms with Gasteiger partial charge in [0.05, 0.1) is 14.8 Å². The van der Waals surface area contributed by atoms with Crippen molar-refractivity contribution in [2.45, 2.75) is 26.2 Å². The fraction of sp³-hybridized carbons (Fsp3) is 0.350. The van der Waals surface area contributed by atoms with Crippen molar-refractivity contribution in [2.24, 2.45) is 5.73 Å². The number of nitrogens with two attached hydrogens (primary N) is 1. The summed E-state index contributed by atoms with van der Waals surface area (Å²) in [5.41, 5.74) is 8.01. The number of carbonyl (C=O) groups excluding carboxylic acids is 1. The number of halogens is 2. The number of benzene rings is 1. The lowest BCUT2D eigenvalue weighted by atomic mass is 10.2. The van der Waals surface area contributed by atoms with Gasteiger partial charge in [-0.1, -0.05) is 4.98 Å². The van der Waals surface area contributed by atoms with Gasteiger partial charge in [-0.2, -0.15) is 0 Å². The van der Waals surface area contributed by atoms with Crippen LogP contribution in [0.2, 0.25) is 0 Å². The van der Waals surface area contributed by atoms with Crippen LogP contribution in [0.25, 0.3) is 11.0 Å². The summed E-state index contributed by atoms with van der Waals surface area (Å²) in [6.45, 7) is 3.09. The molecule has 0 aliphatic heterocycles. The van der Waals surface area contributed by atoms with E-state index in [9.17, 15) is 4.79 Å². The number of anilines is 4. The molecule has 0 aliphatic rings. The van der Waals surface area contributed by atoms with Gasteiger partial charge in [0.15, 0.2) is 0 Å². The van der Waals surface area contributed by atoms with E-state index in [4.69, 9.17) is 5.73 Å². The first-order valence-corrected chi connectivity index (χ1v) is 11.3. The average molecular weight is 540 g/mol. The van der Waals surface area contributed by atoms with Gasteiger partial charge in [-0.25, -0.2) is 4.98 Å². The highest BCUT2D eigenvalue weighted by molar-refractivity contribution is 9.13. The average Bonchev–Trinajstić information content (AvgIpc) is 3.01. The SMILES string of the molecule is CC(=O)N(C)c1ccc(Nc2nc3[nH]c(Br)c(Br)c3c(NCCCCCN)[nH+]2)cc1. The Kier molecular flexibility index (Phi) is 7.68. The number of aromatic nitrogens is 3. The first-order chi connectivity index (χ1) is 14.4. The lowest BCUT2D eigenvalue weighted by Crippen LogP contribution is -2.22. The Morgan fingerprint density at radius 3 is 2.63 bits per heavy atom. The van der Waals surface area contributed by atoms with Gasteiger partial charge < -0.3 is 20.9 Å². The van der Waals surface area contributed by atoms with Crippen molar-refractivity contribution >= 4 is 71.9 Å². The fourth-order valence-electron chi connectivity index (χ4n) is 3.01. The van der Waals surface area contributed by atoms with E-state index >= 15 is 0 Å². The van der Waals surface area contributed by atoms with Gasteiger partial charge in [0, 0.05) is 26.2 Å². The van der Waals surface area contributed by atoms with E-state index in [1.807, 2.05) is 24.3 Å². The second-order valence-corrected chi connectivity index (χ2v) is 8.55. The van der Waals surface area contributed by atoms with Crippen LogP contribution in [0.1, 0.15) is 26.2 Å². The van der Waals surface area contributed by atoms with Gasteiger partial charge >= 0.3 is 5.95 Å². The number of H-pyrrole nitrogens is 2. The molecular formula is C20H26Br2N7O+. The van der Waals surface area contributed by atoms with Crippen LogP contribution in [0.3, 0.4) is 0 Å². The number of amides is 1. The van der Waals surface area contributed by atoms with Crippen LogP contribution < -0.4 is 26.3 Å². The molecule has 6 N–H and O–H groups in total. The van der Waals surface area contributed by atoms with Crippen LogP contribution in [0.5, 0.6) is 0 Å². The maximum Gasteiger partial charge on any atom is 0.351 e. The second-order valence-electron chi connectivity index (χ2n) is 6.96. The van der Waals surface area contributed by atoms with Crippen molar-refractivity contribution in [2.75, 3.05) is 35.7 Å². The second kappa shape index (κ2) is 10.2. The first kappa shape index (κ1) is 22.5. The number of fused-ring (bicyclic) bond motifs is 1. The van der Waals surface area contributed by atoms with E-state index in [2.05, 4.69) is 57.4 Å². The molecule has 0 spiro atoms. The molecule has 0 saturated heterocycles. The van der Waals surface area contributed by atoms with E-state index in [0.717, 1.165) is 69.7 Å². The third-order valence-corrected chi connectivity index (χ3v) is 6.69. The fourth-order valence-corrected chi connectivity index (χ4v) is 3.88. The molecule has 0 bridgehead atoms. The zero-order valence-electron chi connectivity index (χ0n) is 17.0. The third kappa shape index (κ3) is 5.30. The number of nitrogens with one attached hydrogen (secondary N) is 4. The van der Waals surface area contributed by atoms with Gasteiger partial charge in [-0.05, 0) is 81.9 Å². The van der Waals surface area contributed by atoms with E-state index in [1.165, 1.54) is 6.92 Å². The maximum atomic E-state index is 11.5. The molecule has 2 aromatic heterocycles. The summed E-state index contributed by atoms with van der Waals surface area (Å²) >= 11 is 7.13. The number of hydrogen-bond acceptors (Lipinski definition) is 5. The summed E-state index contributed by atoms with van der Waals surface area (Å²) in [6, 6.07) is 7.60. The zero-order chi connectivity index (χ0) is 21.7. The van der Waals surface area contributed by atoms with E-state index in [1.54, 1.807) is 11.9 Å². The molecule has 0 atom stereocenters. The molecule has 0 unspecified atom stereocenters. The third-order valence-electron chi connectivity index (χ3n) is 4.77. The van der Waals surface area contributed by atoms with Crippen LogP contribution in [0.15, 0.2) is 33.3 Å². The largest absolute Gasteiger partial charge is 0.351 e. The standard InChI is InChI=1S/C20H25Br2N7O/c1-12(30)29(2)14-8-6-13(7-9-14)25-20-27-18(24-11-5-3-4-10-23)15-16(21)17(22)26-19(15)28-20/h6-9H,3-5,10-11,23H2,1-2H3,(H3,24,25,26,27,28)/p+1. The van der Waals surface area contributed by atoms with Gasteiger partial charge in [-0.15, -0.1) is 0 Å². The molecule has 10 heteroatoms. The van der Waals surface area contributed by atoms with Crippen LogP contribution in [0, 0.1) is 0 Å². The molecule has 1 aromatic carbocycles. The van der Waals surface area contributed by atoms with Crippen molar-refractivity contribution in [3.63, 3.8) is 0 Å². The number of aromatic amines is 2. The van der Waals surface area contributed by atoms with Crippen molar-refractivity contribution < 1.29 is 9.78 Å². The van der Waals surface area contributed by atoms with Crippen molar-refractivity contribution in [1.82, 2.24) is 9.97 Å². The highest BCUT2D eigenvalue weighted by atomic mass is 79.9. The summed E-state index contributed by atoms with van der Waals surface area (Å²) in [5, 5.41) is 7.71. The monoisotopic (exact) mass is 538 g/mol. The van der Waals surface area contributed by atoms with Crippen molar-refractivity contribution in [3.8, 4) is 0 Å². The Hall–Kier alpha value is -2.17. The highest BCUT2D eigenvalue weighted by Gasteiger charge is 2.20. The quantitative estimate of drug-likeness (QED) is 0.305. The zero-order valence-corrected chi connectivity index (χ0v) is 20.2. The molecule has 3 rings (SSSR count). The topological polar surface area (TPSA) is 113 Å². The maximum absolute atomic E-state index is 11.5. The van der Waals surface area contributed by atoms with E-state index in [-0.39, 0.29) is 5.91 Å². The molecule has 2 heterocycles.